The van der Waals surface area contributed by atoms with E-state index in [1.807, 2.05) is 22.6 Å². The Labute approximate surface area is 178 Å². The van der Waals surface area contributed by atoms with Crippen molar-refractivity contribution in [3.05, 3.63) is 79.1 Å². The van der Waals surface area contributed by atoms with E-state index < -0.39 is 23.1 Å². The van der Waals surface area contributed by atoms with E-state index in [0.29, 0.717) is 9.13 Å². The lowest BCUT2D eigenvalue weighted by atomic mass is 10.2. The smallest absolute Gasteiger partial charge is 0.256 e. The molecule has 0 radical (unpaired) electrons. The van der Waals surface area contributed by atoms with Gasteiger partial charge in [-0.3, -0.25) is 14.2 Å². The number of rotatable bonds is 5. The van der Waals surface area contributed by atoms with Gasteiger partial charge in [0, 0.05) is 16.7 Å². The topological polar surface area (TPSA) is 86.3 Å². The van der Waals surface area contributed by atoms with Crippen molar-refractivity contribution in [3.63, 3.8) is 0 Å². The second-order valence-corrected chi connectivity index (χ2v) is 7.52. The minimum atomic E-state index is -0.934. The van der Waals surface area contributed by atoms with Gasteiger partial charge in [-0.15, -0.1) is 0 Å². The van der Waals surface area contributed by atoms with Crippen LogP contribution in [0.3, 0.4) is 0 Å². The van der Waals surface area contributed by atoms with Gasteiger partial charge in [0.05, 0.1) is 5.69 Å². The molecule has 3 rings (SSSR count). The molecule has 1 aromatic heterocycles. The van der Waals surface area contributed by atoms with Crippen molar-refractivity contribution in [2.75, 3.05) is 5.32 Å². The molecule has 0 bridgehead atoms. The summed E-state index contributed by atoms with van der Waals surface area (Å²) >= 11 is 1.95. The molecule has 0 spiro atoms. The Balaban J connectivity index is 2.15. The summed E-state index contributed by atoms with van der Waals surface area (Å²) in [5, 5.41) is 2.72. The Morgan fingerprint density at radius 1 is 1.10 bits per heavy atom. The Hall–Kier alpha value is -2.95. The molecule has 0 atom stereocenters. The first-order valence-electron chi connectivity index (χ1n) is 8.37. The summed E-state index contributed by atoms with van der Waals surface area (Å²) in [5.41, 5.74) is 5.42. The van der Waals surface area contributed by atoms with E-state index in [1.54, 1.807) is 19.1 Å². The highest BCUT2D eigenvalue weighted by Gasteiger charge is 2.22. The van der Waals surface area contributed by atoms with Crippen LogP contribution in [0, 0.1) is 22.1 Å². The molecule has 0 aliphatic heterocycles. The monoisotopic (exact) mass is 511 g/mol. The first-order chi connectivity index (χ1) is 13.7. The van der Waals surface area contributed by atoms with E-state index in [0.717, 1.165) is 10.6 Å². The second-order valence-electron chi connectivity index (χ2n) is 6.28. The van der Waals surface area contributed by atoms with E-state index in [-0.39, 0.29) is 28.6 Å². The van der Waals surface area contributed by atoms with Crippen LogP contribution in [0.2, 0.25) is 0 Å². The van der Waals surface area contributed by atoms with E-state index in [1.165, 1.54) is 31.3 Å². The Kier molecular flexibility index (Phi) is 5.87. The largest absolute Gasteiger partial charge is 0.453 e. The summed E-state index contributed by atoms with van der Waals surface area (Å²) in [5.74, 6) is -2.69. The highest BCUT2D eigenvalue weighted by Crippen LogP contribution is 2.32. The maximum Gasteiger partial charge on any atom is 0.256 e. The van der Waals surface area contributed by atoms with Gasteiger partial charge in [0.1, 0.15) is 22.9 Å². The fourth-order valence-electron chi connectivity index (χ4n) is 2.67. The third-order valence-electron chi connectivity index (χ3n) is 4.14. The number of carbonyl (C=O) groups excluding carboxylic acids is 1. The summed E-state index contributed by atoms with van der Waals surface area (Å²) in [6.07, 6.45) is 0. The van der Waals surface area contributed by atoms with E-state index in [4.69, 9.17) is 10.5 Å². The molecule has 9 heteroatoms. The van der Waals surface area contributed by atoms with Crippen molar-refractivity contribution in [1.29, 1.82) is 0 Å². The van der Waals surface area contributed by atoms with Crippen molar-refractivity contribution >= 4 is 40.0 Å². The lowest BCUT2D eigenvalue weighted by Gasteiger charge is -2.18. The summed E-state index contributed by atoms with van der Waals surface area (Å²) in [7, 11) is 1.39. The summed E-state index contributed by atoms with van der Waals surface area (Å²) < 4.78 is 35.7. The van der Waals surface area contributed by atoms with Crippen LogP contribution >= 0.6 is 22.6 Å². The number of primary amides is 1. The van der Waals surface area contributed by atoms with Crippen molar-refractivity contribution in [2.24, 2.45) is 12.8 Å². The molecule has 6 nitrogen and oxygen atoms in total. The molecular weight excluding hydrogens is 495 g/mol. The number of nitrogens with one attached hydrogen (secondary N) is 1. The quantitative estimate of drug-likeness (QED) is 0.503. The molecule has 1 amide bonds. The summed E-state index contributed by atoms with van der Waals surface area (Å²) in [6, 6.07) is 9.65. The van der Waals surface area contributed by atoms with Gasteiger partial charge in [-0.05, 0) is 65.4 Å². The van der Waals surface area contributed by atoms with Crippen molar-refractivity contribution in [2.45, 2.75) is 6.92 Å². The Morgan fingerprint density at radius 2 is 1.83 bits per heavy atom. The molecule has 0 aliphatic carbocycles. The number of nitrogens with two attached hydrogens (primary N) is 1. The molecule has 0 aliphatic rings. The molecule has 1 heterocycles. The zero-order valence-corrected chi connectivity index (χ0v) is 17.6. The van der Waals surface area contributed by atoms with Gasteiger partial charge in [-0.25, -0.2) is 8.78 Å². The molecule has 0 unspecified atom stereocenters. The van der Waals surface area contributed by atoms with Crippen molar-refractivity contribution < 1.29 is 18.3 Å². The third-order valence-corrected chi connectivity index (χ3v) is 4.81. The van der Waals surface area contributed by atoms with E-state index >= 15 is 0 Å². The third kappa shape index (κ3) is 4.39. The summed E-state index contributed by atoms with van der Waals surface area (Å²) in [6.45, 7) is 1.71. The van der Waals surface area contributed by atoms with Gasteiger partial charge < -0.3 is 15.8 Å². The first kappa shape index (κ1) is 20.8. The fraction of sp³-hybridized carbons (Fsp3) is 0.100. The van der Waals surface area contributed by atoms with Crippen LogP contribution in [0.25, 0.3) is 0 Å². The van der Waals surface area contributed by atoms with Gasteiger partial charge in [0.15, 0.2) is 11.6 Å². The number of aryl methyl sites for hydroxylation is 1. The molecule has 0 saturated carbocycles. The van der Waals surface area contributed by atoms with Gasteiger partial charge >= 0.3 is 0 Å². The number of carbonyl (C=O) groups is 1. The van der Waals surface area contributed by atoms with E-state index in [2.05, 4.69) is 5.32 Å². The molecule has 0 saturated heterocycles. The number of benzene rings is 2. The number of hydrogen-bond donors (Lipinski definition) is 2. The van der Waals surface area contributed by atoms with Crippen LogP contribution in [0.5, 0.6) is 11.5 Å². The molecule has 150 valence electrons. The summed E-state index contributed by atoms with van der Waals surface area (Å²) in [4.78, 5) is 24.6. The van der Waals surface area contributed by atoms with Crippen molar-refractivity contribution in [1.82, 2.24) is 4.57 Å². The number of nitrogens with zero attached hydrogens (tertiary/aromatic N) is 1. The fourth-order valence-corrected chi connectivity index (χ4v) is 3.12. The number of anilines is 2. The van der Waals surface area contributed by atoms with Crippen molar-refractivity contribution in [3.8, 4) is 11.5 Å². The molecule has 3 N–H and O–H groups in total. The standard InChI is InChI=1S/C20H16F2IN3O3/c1-10-3-6-15(13(22)7-10)29-16-9-17(27)26(2)20(18(16)19(24)28)25-14-5-4-11(23)8-12(14)21/h3-9,25H,1-2H3,(H2,24,28). The van der Waals surface area contributed by atoms with Gasteiger partial charge in [0.2, 0.25) is 0 Å². The predicted octanol–water partition coefficient (Wildman–Crippen LogP) is 4.21. The van der Waals surface area contributed by atoms with Gasteiger partial charge in [-0.1, -0.05) is 6.07 Å². The minimum Gasteiger partial charge on any atom is -0.453 e. The Morgan fingerprint density at radius 3 is 2.45 bits per heavy atom. The first-order valence-corrected chi connectivity index (χ1v) is 9.45. The van der Waals surface area contributed by atoms with Gasteiger partial charge in [0.25, 0.3) is 11.5 Å². The lowest BCUT2D eigenvalue weighted by Crippen LogP contribution is -2.25. The molecule has 0 fully saturated rings. The highest BCUT2D eigenvalue weighted by atomic mass is 127. The average Bonchev–Trinajstić information content (AvgIpc) is 2.63. The minimum absolute atomic E-state index is 0.0292. The number of amides is 1. The normalized spacial score (nSPS) is 10.7. The van der Waals surface area contributed by atoms with Crippen LogP contribution in [-0.4, -0.2) is 10.5 Å². The maximum atomic E-state index is 14.3. The zero-order chi connectivity index (χ0) is 21.3. The van der Waals surface area contributed by atoms with Crippen LogP contribution in [0.1, 0.15) is 15.9 Å². The lowest BCUT2D eigenvalue weighted by molar-refractivity contribution is 0.0998. The molecule has 3 aromatic rings. The van der Waals surface area contributed by atoms with Crippen LogP contribution < -0.4 is 21.3 Å². The molecular formula is C20H16F2IN3O3. The number of halogens is 3. The van der Waals surface area contributed by atoms with E-state index in [9.17, 15) is 18.4 Å². The van der Waals surface area contributed by atoms with Gasteiger partial charge in [-0.2, -0.15) is 0 Å². The maximum absolute atomic E-state index is 14.3. The van der Waals surface area contributed by atoms with Crippen LogP contribution in [0.4, 0.5) is 20.3 Å². The van der Waals surface area contributed by atoms with Crippen LogP contribution in [-0.2, 0) is 7.05 Å². The number of pyridine rings is 1. The number of aromatic nitrogens is 1. The second kappa shape index (κ2) is 8.19. The zero-order valence-electron chi connectivity index (χ0n) is 15.4. The SMILES string of the molecule is Cc1ccc(Oc2cc(=O)n(C)c(Nc3ccc(I)cc3F)c2C(N)=O)c(F)c1. The van der Waals surface area contributed by atoms with Crippen LogP contribution in [0.15, 0.2) is 47.3 Å². The Bertz CT molecular complexity index is 1180. The predicted molar refractivity (Wildman–Crippen MR) is 114 cm³/mol. The molecule has 2 aromatic carbocycles. The molecule has 29 heavy (non-hydrogen) atoms. The highest BCUT2D eigenvalue weighted by molar-refractivity contribution is 14.1. The number of hydrogen-bond acceptors (Lipinski definition) is 4. The average molecular weight is 511 g/mol. The number of ether oxygens (including phenoxy) is 1.